The van der Waals surface area contributed by atoms with Crippen molar-refractivity contribution in [2.45, 2.75) is 27.7 Å². The van der Waals surface area contributed by atoms with Crippen molar-refractivity contribution in [1.29, 1.82) is 5.26 Å². The summed E-state index contributed by atoms with van der Waals surface area (Å²) in [6.45, 7) is 7.89. The Morgan fingerprint density at radius 1 is 0.329 bits per heavy atom. The van der Waals surface area contributed by atoms with Crippen molar-refractivity contribution in [3.8, 4) is 6.07 Å². The maximum atomic E-state index is 9.75. The molecule has 0 aliphatic carbocycles. The van der Waals surface area contributed by atoms with Gasteiger partial charge in [-0.1, -0.05) is 127 Å². The molecular weight excluding hydrogens is 1140 g/mol. The van der Waals surface area contributed by atoms with Crippen LogP contribution in [0.1, 0.15) is 23.6 Å². The summed E-state index contributed by atoms with van der Waals surface area (Å²) >= 11 is 0. The number of aromatic nitrogens is 3. The van der Waals surface area contributed by atoms with Gasteiger partial charge in [0.05, 0.1) is 6.07 Å². The van der Waals surface area contributed by atoms with Crippen LogP contribution in [0.2, 0.25) is 0 Å². The first-order valence-electron chi connectivity index (χ1n) is 22.7. The second kappa shape index (κ2) is 36.2. The molecule has 5 nitrogen and oxygen atoms in total. The predicted molar refractivity (Wildman–Crippen MR) is 302 cm³/mol. The fourth-order valence-electron chi connectivity index (χ4n) is 7.19. The smallest absolute Gasteiger partial charge is 0.418 e. The topological polar surface area (TPSA) is 94.0 Å². The molecule has 0 fully saturated rings. The Kier molecular flexibility index (Phi) is 32.5. The third kappa shape index (κ3) is 24.9. The summed E-state index contributed by atoms with van der Waals surface area (Å²) < 4.78 is 78.0. The van der Waals surface area contributed by atoms with E-state index in [9.17, 15) is 34.5 Å². The van der Waals surface area contributed by atoms with Crippen LogP contribution in [-0.2, 0) is 34.1 Å². The number of pyridine rings is 3. The van der Waals surface area contributed by atoms with Crippen LogP contribution in [0.4, 0.5) is 34.5 Å². The first kappa shape index (κ1) is 68.1. The minimum Gasteiger partial charge on any atom is -0.418 e. The van der Waals surface area contributed by atoms with Crippen LogP contribution in [0.25, 0.3) is 0 Å². The molecule has 9 aromatic rings. The molecule has 0 saturated heterocycles. The Hall–Kier alpha value is -5.88. The summed E-state index contributed by atoms with van der Waals surface area (Å²) in [6, 6.07) is 78.6. The van der Waals surface area contributed by atoms with Gasteiger partial charge in [0.2, 0.25) is 0 Å². The van der Waals surface area contributed by atoms with Gasteiger partial charge in [-0.15, -0.1) is 0 Å². The molecule has 76 heavy (non-hydrogen) atoms. The van der Waals surface area contributed by atoms with Crippen molar-refractivity contribution in [3.05, 3.63) is 254 Å². The third-order valence-corrected chi connectivity index (χ3v) is 18.6. The van der Waals surface area contributed by atoms with Gasteiger partial charge in [-0.05, 0) is 112 Å². The molecule has 6 aromatic carbocycles. The summed E-state index contributed by atoms with van der Waals surface area (Å²) in [4.78, 5) is 14.0. The zero-order valence-electron chi connectivity index (χ0n) is 41.6. The predicted octanol–water partition coefficient (Wildman–Crippen LogP) is 10.9. The molecule has 3 aromatic heterocycles. The Morgan fingerprint density at radius 2 is 0.474 bits per heavy atom. The van der Waals surface area contributed by atoms with Gasteiger partial charge in [0.25, 0.3) is 0 Å². The van der Waals surface area contributed by atoms with Crippen molar-refractivity contribution in [1.82, 2.24) is 15.0 Å². The van der Waals surface area contributed by atoms with Crippen molar-refractivity contribution in [3.63, 3.8) is 0 Å². The second-order valence-corrected chi connectivity index (χ2v) is 22.7. The molecule has 0 unspecified atom stereocenters. The maximum absolute atomic E-state index is 9.75. The monoisotopic (exact) mass is 1190 g/mol. The van der Waals surface area contributed by atoms with Crippen LogP contribution in [-0.4, -0.2) is 34.9 Å². The Labute approximate surface area is 465 Å². The Bertz CT molecular complexity index is 2570. The molecule has 0 aliphatic heterocycles. The number of benzene rings is 6. The minimum atomic E-state index is -6.00. The van der Waals surface area contributed by atoms with Gasteiger partial charge >= 0.3 is 48.6 Å². The van der Waals surface area contributed by atoms with Gasteiger partial charge in [-0.3, -0.25) is 0 Å². The largest absolute Gasteiger partial charge is 1.00 e. The van der Waals surface area contributed by atoms with Crippen LogP contribution >= 0.6 is 23.8 Å². The molecule has 0 bridgehead atoms. The standard InChI is InChI=1S/3C18H16NP.C2H3N.2BF4.2Cu.H2O/c3*1-15-9-8-14-19-18(15)20(16-10-4-2-5-11-16)17-12-6-3-7-13-17;1-2-3;2*2-1(3,4)5;;;/h3*2-14H,1H3;1H3;;;;;1H2/q;;;;2*-1;2*+1;/p+3. The number of hydrogen-bond acceptors (Lipinski definition) is 4. The quantitative estimate of drug-likeness (QED) is 0.0817. The van der Waals surface area contributed by atoms with E-state index in [1.54, 1.807) is 6.07 Å². The maximum Gasteiger partial charge on any atom is 1.00 e. The Balaban J connectivity index is 0.000000501. The molecule has 3 heterocycles. The van der Waals surface area contributed by atoms with Crippen molar-refractivity contribution in [2.24, 2.45) is 0 Å². The van der Waals surface area contributed by atoms with E-state index in [-0.39, 0.29) is 39.6 Å². The van der Waals surface area contributed by atoms with E-state index in [2.05, 4.69) is 236 Å². The second-order valence-electron chi connectivity index (χ2n) is 15.5. The molecule has 20 heteroatoms. The molecule has 9 rings (SSSR count). The summed E-state index contributed by atoms with van der Waals surface area (Å²) in [7, 11) is -15.1. The fraction of sp³-hybridized carbons (Fsp3) is 0.0714. The number of nitrogens with zero attached hydrogens (tertiary/aromatic N) is 4. The van der Waals surface area contributed by atoms with Gasteiger partial charge < -0.3 is 40.0 Å². The van der Waals surface area contributed by atoms with Gasteiger partial charge in [-0.2, -0.15) is 5.26 Å². The summed E-state index contributed by atoms with van der Waals surface area (Å²) in [6.07, 6.45) is 5.70. The average Bonchev–Trinajstić information content (AvgIpc) is 3.38. The van der Waals surface area contributed by atoms with Crippen molar-refractivity contribution in [2.75, 3.05) is 0 Å². The fourth-order valence-corrected chi connectivity index (χ4v) is 15.0. The molecule has 0 spiro atoms. The summed E-state index contributed by atoms with van der Waals surface area (Å²) in [5, 5.41) is 15.6. The molecule has 0 atom stereocenters. The van der Waals surface area contributed by atoms with E-state index < -0.39 is 38.3 Å². The normalized spacial score (nSPS) is 10.1. The molecule has 0 amide bonds. The van der Waals surface area contributed by atoms with Gasteiger partial charge in [-0.25, -0.2) is 15.0 Å². The van der Waals surface area contributed by atoms with Gasteiger partial charge in [0.15, 0.2) is 16.3 Å². The van der Waals surface area contributed by atoms with Crippen molar-refractivity contribution >= 4 is 86.4 Å². The first-order chi connectivity index (χ1) is 35.0. The average molecular weight is 1190 g/mol. The number of halogens is 8. The molecule has 2 N–H and O–H groups in total. The first-order valence-corrected chi connectivity index (χ1v) is 27.2. The van der Waals surface area contributed by atoms with Crippen LogP contribution in [0.15, 0.2) is 237 Å². The number of rotatable bonds is 9. The zero-order chi connectivity index (χ0) is 53.1. The summed E-state index contributed by atoms with van der Waals surface area (Å²) in [5.74, 6) is 0. The summed E-state index contributed by atoms with van der Waals surface area (Å²) in [5.41, 5.74) is 7.51. The van der Waals surface area contributed by atoms with E-state index >= 15 is 0 Å². The number of aryl methyl sites for hydroxylation is 3. The van der Waals surface area contributed by atoms with Crippen LogP contribution in [0, 0.1) is 32.1 Å². The van der Waals surface area contributed by atoms with E-state index in [1.807, 2.05) is 36.8 Å². The number of nitriles is 1. The van der Waals surface area contributed by atoms with E-state index in [0.29, 0.717) is 0 Å². The van der Waals surface area contributed by atoms with E-state index in [4.69, 9.17) is 5.26 Å². The van der Waals surface area contributed by atoms with Gasteiger partial charge in [0.1, 0.15) is 55.6 Å². The van der Waals surface area contributed by atoms with Crippen LogP contribution in [0.3, 0.4) is 0 Å². The molecule has 402 valence electrons. The minimum absolute atomic E-state index is 0. The third-order valence-electron chi connectivity index (χ3n) is 10.1. The van der Waals surface area contributed by atoms with Crippen molar-refractivity contribution < 1.29 is 74.1 Å². The zero-order valence-corrected chi connectivity index (χ0v) is 46.5. The van der Waals surface area contributed by atoms with Crippen LogP contribution < -0.4 is 48.1 Å². The molecule has 0 aliphatic rings. The number of hydrogen-bond donors (Lipinski definition) is 0. The molecule has 0 radical (unpaired) electrons. The van der Waals surface area contributed by atoms with Crippen LogP contribution in [0.5, 0.6) is 0 Å². The van der Waals surface area contributed by atoms with E-state index in [1.165, 1.54) is 71.7 Å². The molecular formula is C56H56B2Cu2F8N4OP3+3. The SMILES string of the molecule is CC#N.Cc1cccnc1[PH+](c1ccccc1)c1ccccc1.Cc1cccnc1[PH+](c1ccccc1)c1ccccc1.Cc1cccnc1[PH+](c1ccccc1)c1ccccc1.F[B-](F)(F)F.F[B-](F)(F)F.O.[Cu+].[Cu+]. The van der Waals surface area contributed by atoms with E-state index in [0.717, 1.165) is 0 Å². The van der Waals surface area contributed by atoms with Gasteiger partial charge in [0, 0.05) is 42.2 Å². The Morgan fingerprint density at radius 3 is 0.605 bits per heavy atom. The molecule has 0 saturated carbocycles.